The zero-order valence-electron chi connectivity index (χ0n) is 12.1. The van der Waals surface area contributed by atoms with Gasteiger partial charge in [-0.05, 0) is 66.1 Å². The minimum absolute atomic E-state index is 0.115. The molecule has 22 heavy (non-hydrogen) atoms. The Balaban J connectivity index is 1.88. The number of piperidine rings is 1. The average Bonchev–Trinajstić information content (AvgIpc) is 2.53. The molecule has 1 aromatic heterocycles. The van der Waals surface area contributed by atoms with Crippen LogP contribution in [0.25, 0.3) is 11.3 Å². The van der Waals surface area contributed by atoms with Gasteiger partial charge in [-0.15, -0.1) is 0 Å². The zero-order chi connectivity index (χ0) is 15.5. The molecule has 6 heteroatoms. The van der Waals surface area contributed by atoms with Gasteiger partial charge < -0.3 is 0 Å². The molecule has 1 fully saturated rings. The van der Waals surface area contributed by atoms with E-state index in [-0.39, 0.29) is 11.4 Å². The zero-order valence-corrected chi connectivity index (χ0v) is 13.7. The van der Waals surface area contributed by atoms with Crippen LogP contribution in [0.5, 0.6) is 0 Å². The van der Waals surface area contributed by atoms with Crippen molar-refractivity contribution in [3.63, 3.8) is 0 Å². The van der Waals surface area contributed by atoms with Gasteiger partial charge in [-0.1, -0.05) is 6.42 Å². The highest BCUT2D eigenvalue weighted by molar-refractivity contribution is 9.10. The van der Waals surface area contributed by atoms with E-state index >= 15 is 0 Å². The third-order valence-corrected chi connectivity index (χ3v) is 4.47. The molecule has 1 saturated heterocycles. The van der Waals surface area contributed by atoms with Gasteiger partial charge in [0.25, 0.3) is 5.56 Å². The summed E-state index contributed by atoms with van der Waals surface area (Å²) in [6.45, 7) is 2.51. The second-order valence-corrected chi connectivity index (χ2v) is 6.36. The van der Waals surface area contributed by atoms with Crippen LogP contribution in [0.1, 0.15) is 19.3 Å². The fourth-order valence-electron chi connectivity index (χ4n) is 2.65. The Labute approximate surface area is 136 Å². The standard InChI is InChI=1S/C16H17BrFN3O/c17-13-10-12(4-5-14(13)18)15-6-7-16(22)21(19-15)11-20-8-2-1-3-9-20/h4-7,10H,1-3,8-9,11H2. The molecule has 0 bridgehead atoms. The lowest BCUT2D eigenvalue weighted by atomic mass is 10.1. The van der Waals surface area contributed by atoms with Gasteiger partial charge in [-0.25, -0.2) is 9.07 Å². The smallest absolute Gasteiger partial charge is 0.268 e. The summed E-state index contributed by atoms with van der Waals surface area (Å²) in [4.78, 5) is 14.2. The van der Waals surface area contributed by atoms with Gasteiger partial charge in [-0.3, -0.25) is 9.69 Å². The number of halogens is 2. The summed E-state index contributed by atoms with van der Waals surface area (Å²) in [6, 6.07) is 7.92. The van der Waals surface area contributed by atoms with E-state index in [1.807, 2.05) is 0 Å². The topological polar surface area (TPSA) is 38.1 Å². The molecule has 0 spiro atoms. The summed E-state index contributed by atoms with van der Waals surface area (Å²) in [5.74, 6) is -0.314. The molecule has 1 aromatic carbocycles. The third kappa shape index (κ3) is 3.44. The van der Waals surface area contributed by atoms with Crippen LogP contribution in [0.4, 0.5) is 4.39 Å². The Kier molecular flexibility index (Phi) is 4.69. The maximum Gasteiger partial charge on any atom is 0.268 e. The molecule has 0 aliphatic carbocycles. The van der Waals surface area contributed by atoms with Crippen molar-refractivity contribution in [3.05, 3.63) is 51.0 Å². The van der Waals surface area contributed by atoms with Crippen molar-refractivity contribution >= 4 is 15.9 Å². The minimum atomic E-state index is -0.314. The highest BCUT2D eigenvalue weighted by Crippen LogP contribution is 2.23. The van der Waals surface area contributed by atoms with Crippen LogP contribution in [-0.4, -0.2) is 27.8 Å². The lowest BCUT2D eigenvalue weighted by Gasteiger charge is -2.26. The van der Waals surface area contributed by atoms with Crippen molar-refractivity contribution in [2.75, 3.05) is 13.1 Å². The highest BCUT2D eigenvalue weighted by atomic mass is 79.9. The number of benzene rings is 1. The predicted molar refractivity (Wildman–Crippen MR) is 87.0 cm³/mol. The first-order valence-corrected chi connectivity index (χ1v) is 8.19. The lowest BCUT2D eigenvalue weighted by Crippen LogP contribution is -2.36. The molecule has 2 heterocycles. The summed E-state index contributed by atoms with van der Waals surface area (Å²) in [6.07, 6.45) is 3.58. The van der Waals surface area contributed by atoms with Gasteiger partial charge in [0, 0.05) is 11.6 Å². The van der Waals surface area contributed by atoms with Crippen LogP contribution >= 0.6 is 15.9 Å². The van der Waals surface area contributed by atoms with E-state index in [1.54, 1.807) is 18.2 Å². The maximum absolute atomic E-state index is 13.3. The van der Waals surface area contributed by atoms with E-state index in [0.29, 0.717) is 16.8 Å². The van der Waals surface area contributed by atoms with Crippen LogP contribution in [0.2, 0.25) is 0 Å². The number of nitrogens with zero attached hydrogens (tertiary/aromatic N) is 3. The summed E-state index contributed by atoms with van der Waals surface area (Å²) < 4.78 is 15.2. The Hall–Kier alpha value is -1.53. The highest BCUT2D eigenvalue weighted by Gasteiger charge is 2.12. The van der Waals surface area contributed by atoms with E-state index in [1.165, 1.54) is 36.1 Å². The molecule has 1 aliphatic rings. The quantitative estimate of drug-likeness (QED) is 0.837. The molecule has 4 nitrogen and oxygen atoms in total. The maximum atomic E-state index is 13.3. The first-order chi connectivity index (χ1) is 10.6. The van der Waals surface area contributed by atoms with E-state index in [0.717, 1.165) is 18.7 Å². The molecule has 0 amide bonds. The Morgan fingerprint density at radius 3 is 2.64 bits per heavy atom. The Morgan fingerprint density at radius 1 is 1.14 bits per heavy atom. The monoisotopic (exact) mass is 365 g/mol. The molecule has 3 rings (SSSR count). The number of likely N-dealkylation sites (tertiary alicyclic amines) is 1. The fourth-order valence-corrected chi connectivity index (χ4v) is 3.03. The van der Waals surface area contributed by atoms with Gasteiger partial charge >= 0.3 is 0 Å². The average molecular weight is 366 g/mol. The van der Waals surface area contributed by atoms with E-state index in [9.17, 15) is 9.18 Å². The summed E-state index contributed by atoms with van der Waals surface area (Å²) in [5.41, 5.74) is 1.33. The van der Waals surface area contributed by atoms with Crippen molar-refractivity contribution in [1.82, 2.24) is 14.7 Å². The molecular formula is C16H17BrFN3O. The van der Waals surface area contributed by atoms with Crippen LogP contribution in [-0.2, 0) is 6.67 Å². The molecule has 0 saturated carbocycles. The van der Waals surface area contributed by atoms with E-state index < -0.39 is 0 Å². The van der Waals surface area contributed by atoms with Crippen molar-refractivity contribution in [1.29, 1.82) is 0 Å². The Bertz CT molecular complexity index is 726. The normalized spacial score (nSPS) is 15.9. The van der Waals surface area contributed by atoms with Crippen molar-refractivity contribution < 1.29 is 4.39 Å². The van der Waals surface area contributed by atoms with E-state index in [4.69, 9.17) is 0 Å². The second kappa shape index (κ2) is 6.71. The number of hydrogen-bond donors (Lipinski definition) is 0. The first kappa shape index (κ1) is 15.4. The van der Waals surface area contributed by atoms with Gasteiger partial charge in [0.15, 0.2) is 0 Å². The van der Waals surface area contributed by atoms with Crippen LogP contribution in [0.3, 0.4) is 0 Å². The van der Waals surface area contributed by atoms with Crippen molar-refractivity contribution in [2.45, 2.75) is 25.9 Å². The van der Waals surface area contributed by atoms with Crippen LogP contribution in [0, 0.1) is 5.82 Å². The van der Waals surface area contributed by atoms with Gasteiger partial charge in [0.1, 0.15) is 5.82 Å². The second-order valence-electron chi connectivity index (χ2n) is 5.51. The largest absolute Gasteiger partial charge is 0.284 e. The molecule has 1 aliphatic heterocycles. The van der Waals surface area contributed by atoms with Crippen molar-refractivity contribution in [3.8, 4) is 11.3 Å². The number of hydrogen-bond acceptors (Lipinski definition) is 3. The molecule has 116 valence electrons. The summed E-state index contributed by atoms with van der Waals surface area (Å²) in [5, 5.41) is 4.43. The summed E-state index contributed by atoms with van der Waals surface area (Å²) >= 11 is 3.18. The van der Waals surface area contributed by atoms with Crippen LogP contribution < -0.4 is 5.56 Å². The summed E-state index contributed by atoms with van der Waals surface area (Å²) in [7, 11) is 0. The minimum Gasteiger partial charge on any atom is -0.284 e. The fraction of sp³-hybridized carbons (Fsp3) is 0.375. The molecule has 0 N–H and O–H groups in total. The van der Waals surface area contributed by atoms with Gasteiger partial charge in [0.2, 0.25) is 0 Å². The molecule has 0 radical (unpaired) electrons. The number of rotatable bonds is 3. The van der Waals surface area contributed by atoms with Crippen molar-refractivity contribution in [2.24, 2.45) is 0 Å². The third-order valence-electron chi connectivity index (χ3n) is 3.86. The van der Waals surface area contributed by atoms with Gasteiger partial charge in [0.05, 0.1) is 16.8 Å². The predicted octanol–water partition coefficient (Wildman–Crippen LogP) is 3.26. The van der Waals surface area contributed by atoms with E-state index in [2.05, 4.69) is 25.9 Å². The Morgan fingerprint density at radius 2 is 1.91 bits per heavy atom. The SMILES string of the molecule is O=c1ccc(-c2ccc(F)c(Br)c2)nn1CN1CCCCC1. The van der Waals surface area contributed by atoms with Crippen LogP contribution in [0.15, 0.2) is 39.6 Å². The lowest BCUT2D eigenvalue weighted by molar-refractivity contribution is 0.170. The molecule has 0 atom stereocenters. The number of aromatic nitrogens is 2. The molecular weight excluding hydrogens is 349 g/mol. The first-order valence-electron chi connectivity index (χ1n) is 7.39. The van der Waals surface area contributed by atoms with Gasteiger partial charge in [-0.2, -0.15) is 5.10 Å². The molecule has 2 aromatic rings. The molecule has 0 unspecified atom stereocenters.